The lowest BCUT2D eigenvalue weighted by molar-refractivity contribution is -0.149. The van der Waals surface area contributed by atoms with Crippen molar-refractivity contribution < 1.29 is 19.0 Å². The Morgan fingerprint density at radius 1 is 1.37 bits per heavy atom. The Morgan fingerprint density at radius 3 is 2.93 bits per heavy atom. The maximum atomic E-state index is 13.0. The summed E-state index contributed by atoms with van der Waals surface area (Å²) in [6.07, 6.45) is 2.94. The van der Waals surface area contributed by atoms with Gasteiger partial charge < -0.3 is 24.4 Å². The van der Waals surface area contributed by atoms with Crippen LogP contribution >= 0.6 is 12.4 Å². The first-order valence-electron chi connectivity index (χ1n) is 9.58. The molecule has 0 aromatic heterocycles. The highest BCUT2D eigenvalue weighted by molar-refractivity contribution is 5.85. The van der Waals surface area contributed by atoms with Crippen molar-refractivity contribution in [1.82, 2.24) is 10.2 Å². The third-order valence-electron chi connectivity index (χ3n) is 5.18. The van der Waals surface area contributed by atoms with Crippen LogP contribution in [0.3, 0.4) is 0 Å². The van der Waals surface area contributed by atoms with E-state index in [0.29, 0.717) is 19.7 Å². The molecular weight excluding hydrogens is 368 g/mol. The molecule has 2 aliphatic rings. The molecule has 1 aromatic carbocycles. The zero-order chi connectivity index (χ0) is 18.4. The minimum absolute atomic E-state index is 0. The summed E-state index contributed by atoms with van der Waals surface area (Å²) < 4.78 is 17.1. The largest absolute Gasteiger partial charge is 0.496 e. The number of ether oxygens (including phenoxy) is 3. The molecule has 27 heavy (non-hydrogen) atoms. The monoisotopic (exact) mass is 398 g/mol. The molecule has 6 nitrogen and oxygen atoms in total. The molecule has 3 rings (SSSR count). The molecule has 2 fully saturated rings. The molecule has 3 atom stereocenters. The van der Waals surface area contributed by atoms with Gasteiger partial charge in [0, 0.05) is 31.8 Å². The molecule has 1 amide bonds. The third kappa shape index (κ3) is 5.57. The van der Waals surface area contributed by atoms with Crippen LogP contribution in [-0.2, 0) is 14.3 Å². The van der Waals surface area contributed by atoms with Gasteiger partial charge in [-0.05, 0) is 32.3 Å². The van der Waals surface area contributed by atoms with Gasteiger partial charge in [0.2, 0.25) is 0 Å². The number of rotatable bonds is 6. The summed E-state index contributed by atoms with van der Waals surface area (Å²) >= 11 is 0. The van der Waals surface area contributed by atoms with Crippen molar-refractivity contribution in [2.75, 3.05) is 40.0 Å². The molecule has 3 unspecified atom stereocenters. The Morgan fingerprint density at radius 2 is 2.19 bits per heavy atom. The van der Waals surface area contributed by atoms with E-state index in [1.165, 1.54) is 6.42 Å². The summed E-state index contributed by atoms with van der Waals surface area (Å²) in [5.74, 6) is 0.835. The first kappa shape index (κ1) is 22.0. The minimum Gasteiger partial charge on any atom is -0.496 e. The number of methoxy groups -OCH3 is 1. The lowest BCUT2D eigenvalue weighted by Gasteiger charge is -2.38. The fourth-order valence-electron chi connectivity index (χ4n) is 3.68. The van der Waals surface area contributed by atoms with E-state index >= 15 is 0 Å². The Hall–Kier alpha value is -1.34. The van der Waals surface area contributed by atoms with Crippen LogP contribution in [0.15, 0.2) is 24.3 Å². The number of halogens is 1. The van der Waals surface area contributed by atoms with Crippen LogP contribution in [0.4, 0.5) is 0 Å². The fourth-order valence-corrected chi connectivity index (χ4v) is 3.68. The van der Waals surface area contributed by atoms with Crippen LogP contribution in [-0.4, -0.2) is 63.0 Å². The van der Waals surface area contributed by atoms with E-state index in [1.807, 2.05) is 36.1 Å². The quantitative estimate of drug-likeness (QED) is 0.798. The second-order valence-electron chi connectivity index (χ2n) is 6.96. The molecule has 0 radical (unpaired) electrons. The van der Waals surface area contributed by atoms with Gasteiger partial charge in [0.05, 0.1) is 25.9 Å². The van der Waals surface area contributed by atoms with Gasteiger partial charge in [0.1, 0.15) is 11.9 Å². The normalized spacial score (nSPS) is 24.0. The first-order valence-corrected chi connectivity index (χ1v) is 9.58. The first-order chi connectivity index (χ1) is 12.7. The lowest BCUT2D eigenvalue weighted by Crippen LogP contribution is -2.52. The molecular formula is C20H31ClN2O4. The minimum atomic E-state index is -0.476. The van der Waals surface area contributed by atoms with Gasteiger partial charge in [-0.15, -0.1) is 12.4 Å². The highest BCUT2D eigenvalue weighted by Crippen LogP contribution is 2.30. The van der Waals surface area contributed by atoms with Crippen LogP contribution in [0, 0.1) is 0 Å². The van der Waals surface area contributed by atoms with E-state index in [4.69, 9.17) is 14.2 Å². The highest BCUT2D eigenvalue weighted by Gasteiger charge is 2.32. The van der Waals surface area contributed by atoms with Crippen molar-refractivity contribution in [3.8, 4) is 5.75 Å². The van der Waals surface area contributed by atoms with E-state index in [2.05, 4.69) is 5.32 Å². The number of para-hydroxylation sites is 1. The molecule has 2 saturated heterocycles. The lowest BCUT2D eigenvalue weighted by atomic mass is 10.0. The number of benzene rings is 1. The number of hydrogen-bond donors (Lipinski definition) is 1. The van der Waals surface area contributed by atoms with Crippen LogP contribution in [0.25, 0.3) is 0 Å². The summed E-state index contributed by atoms with van der Waals surface area (Å²) in [4.78, 5) is 15.0. The number of nitrogens with zero attached hydrogens (tertiary/aromatic N) is 1. The number of carbonyl (C=O) groups excluding carboxylic acids is 1. The average Bonchev–Trinajstić information content (AvgIpc) is 2.72. The number of amides is 1. The summed E-state index contributed by atoms with van der Waals surface area (Å²) in [7, 11) is 1.66. The molecule has 1 aromatic rings. The SMILES string of the molecule is COc1ccccc1C1CNCCN1C(=O)C(C)OCC1CCCCO1.Cl. The van der Waals surface area contributed by atoms with Gasteiger partial charge in [-0.25, -0.2) is 0 Å². The van der Waals surface area contributed by atoms with Gasteiger partial charge in [-0.1, -0.05) is 18.2 Å². The topological polar surface area (TPSA) is 60.0 Å². The fraction of sp³-hybridized carbons (Fsp3) is 0.650. The Kier molecular flexibility index (Phi) is 8.83. The summed E-state index contributed by atoms with van der Waals surface area (Å²) in [6, 6.07) is 7.84. The molecule has 0 aliphatic carbocycles. The second-order valence-corrected chi connectivity index (χ2v) is 6.96. The molecule has 152 valence electrons. The van der Waals surface area contributed by atoms with E-state index in [9.17, 15) is 4.79 Å². The molecule has 2 aliphatic heterocycles. The van der Waals surface area contributed by atoms with E-state index in [0.717, 1.165) is 37.3 Å². The molecule has 1 N–H and O–H groups in total. The number of piperazine rings is 1. The van der Waals surface area contributed by atoms with Gasteiger partial charge >= 0.3 is 0 Å². The van der Waals surface area contributed by atoms with Crippen LogP contribution < -0.4 is 10.1 Å². The number of hydrogen-bond acceptors (Lipinski definition) is 5. The van der Waals surface area contributed by atoms with Crippen LogP contribution in [0.1, 0.15) is 37.8 Å². The number of nitrogens with one attached hydrogen (secondary N) is 1. The Bertz CT molecular complexity index is 595. The molecule has 0 saturated carbocycles. The van der Waals surface area contributed by atoms with Gasteiger partial charge in [0.15, 0.2) is 0 Å². The van der Waals surface area contributed by atoms with Crippen molar-refractivity contribution >= 4 is 18.3 Å². The van der Waals surface area contributed by atoms with Crippen molar-refractivity contribution in [1.29, 1.82) is 0 Å². The summed E-state index contributed by atoms with van der Waals surface area (Å²) in [5.41, 5.74) is 1.03. The third-order valence-corrected chi connectivity index (χ3v) is 5.18. The molecule has 0 bridgehead atoms. The number of carbonyl (C=O) groups is 1. The van der Waals surface area contributed by atoms with Gasteiger partial charge in [-0.3, -0.25) is 4.79 Å². The zero-order valence-corrected chi connectivity index (χ0v) is 17.0. The predicted molar refractivity (Wildman–Crippen MR) is 107 cm³/mol. The zero-order valence-electron chi connectivity index (χ0n) is 16.2. The molecule has 0 spiro atoms. The van der Waals surface area contributed by atoms with Crippen molar-refractivity contribution in [2.24, 2.45) is 0 Å². The smallest absolute Gasteiger partial charge is 0.252 e. The predicted octanol–water partition coefficient (Wildman–Crippen LogP) is 2.56. The Balaban J connectivity index is 0.00000261. The summed E-state index contributed by atoms with van der Waals surface area (Å²) in [6.45, 7) is 5.28. The van der Waals surface area contributed by atoms with Crippen molar-refractivity contribution in [3.63, 3.8) is 0 Å². The van der Waals surface area contributed by atoms with E-state index in [-0.39, 0.29) is 30.5 Å². The summed E-state index contributed by atoms with van der Waals surface area (Å²) in [5, 5.41) is 3.38. The van der Waals surface area contributed by atoms with Gasteiger partial charge in [-0.2, -0.15) is 0 Å². The maximum Gasteiger partial charge on any atom is 0.252 e. The van der Waals surface area contributed by atoms with Gasteiger partial charge in [0.25, 0.3) is 5.91 Å². The average molecular weight is 399 g/mol. The second kappa shape index (κ2) is 10.9. The molecule has 7 heteroatoms. The maximum absolute atomic E-state index is 13.0. The van der Waals surface area contributed by atoms with E-state index in [1.54, 1.807) is 7.11 Å². The van der Waals surface area contributed by atoms with Crippen LogP contribution in [0.5, 0.6) is 5.75 Å². The van der Waals surface area contributed by atoms with Crippen molar-refractivity contribution in [2.45, 2.75) is 44.4 Å². The highest BCUT2D eigenvalue weighted by atomic mass is 35.5. The van der Waals surface area contributed by atoms with E-state index < -0.39 is 6.10 Å². The standard InChI is InChI=1S/C20H30N2O4.ClH/c1-15(26-14-16-7-5-6-12-25-16)20(23)22-11-10-21-13-18(22)17-8-3-4-9-19(17)24-2;/h3-4,8-9,15-16,18,21H,5-7,10-14H2,1-2H3;1H. The Labute approximate surface area is 167 Å². The molecule has 2 heterocycles. The van der Waals surface area contributed by atoms with Crippen molar-refractivity contribution in [3.05, 3.63) is 29.8 Å². The van der Waals surface area contributed by atoms with Crippen LogP contribution in [0.2, 0.25) is 0 Å².